The third-order valence-electron chi connectivity index (χ3n) is 9.35. The summed E-state index contributed by atoms with van der Waals surface area (Å²) in [5.74, 6) is -0.219. The minimum Gasteiger partial charge on any atom is -0.506 e. The van der Waals surface area contributed by atoms with Gasteiger partial charge in [-0.05, 0) is 64.9 Å². The number of benzene rings is 4. The van der Waals surface area contributed by atoms with Crippen LogP contribution >= 0.6 is 0 Å². The van der Waals surface area contributed by atoms with Crippen LogP contribution in [0.3, 0.4) is 0 Å². The van der Waals surface area contributed by atoms with Gasteiger partial charge < -0.3 is 35.3 Å². The van der Waals surface area contributed by atoms with Crippen molar-refractivity contribution in [1.29, 1.82) is 0 Å². The molecule has 1 aliphatic rings. The largest absolute Gasteiger partial charge is 0.506 e. The Morgan fingerprint density at radius 3 is 2.22 bits per heavy atom. The number of rotatable bonds is 12. The number of piperidine rings is 1. The smallest absolute Gasteiger partial charge is 0.314 e. The zero-order chi connectivity index (χ0) is 34.4. The van der Waals surface area contributed by atoms with Crippen molar-refractivity contribution in [2.45, 2.75) is 43.9 Å². The van der Waals surface area contributed by atoms with Gasteiger partial charge in [-0.15, -0.1) is 0 Å². The minimum absolute atomic E-state index is 0.0174. The van der Waals surface area contributed by atoms with Crippen LogP contribution in [0, 0.1) is 0 Å². The fourth-order valence-corrected chi connectivity index (χ4v) is 6.44. The highest BCUT2D eigenvalue weighted by Gasteiger charge is 2.43. The van der Waals surface area contributed by atoms with Crippen molar-refractivity contribution >= 4 is 22.8 Å². The molecule has 10 nitrogen and oxygen atoms in total. The SMILES string of the molecule is O=C(Cc1ccc(OCc2ccc(CNCC(O)c3ccc(O)c4[nH]c(=O)ccc34)cc2)cc1)N1CCC(C(=O)O)(c2ccccc2)CC1. The number of fused-ring (bicyclic) bond motifs is 1. The number of amides is 1. The van der Waals surface area contributed by atoms with Crippen molar-refractivity contribution in [1.82, 2.24) is 15.2 Å². The van der Waals surface area contributed by atoms with Crippen LogP contribution in [0.1, 0.15) is 46.8 Å². The maximum absolute atomic E-state index is 13.1. The summed E-state index contributed by atoms with van der Waals surface area (Å²) in [6.45, 7) is 2.00. The number of carboxylic acid groups (broad SMARTS) is 1. The number of likely N-dealkylation sites (tertiary alicyclic amines) is 1. The first-order valence-corrected chi connectivity index (χ1v) is 16.3. The van der Waals surface area contributed by atoms with Crippen molar-refractivity contribution in [2.24, 2.45) is 0 Å². The zero-order valence-corrected chi connectivity index (χ0v) is 27.0. The van der Waals surface area contributed by atoms with E-state index in [1.165, 1.54) is 12.1 Å². The van der Waals surface area contributed by atoms with Gasteiger partial charge in [-0.25, -0.2) is 0 Å². The van der Waals surface area contributed by atoms with E-state index in [0.29, 0.717) is 61.3 Å². The van der Waals surface area contributed by atoms with E-state index in [-0.39, 0.29) is 30.2 Å². The molecule has 0 saturated carbocycles. The summed E-state index contributed by atoms with van der Waals surface area (Å²) in [6.07, 6.45) is 0.170. The summed E-state index contributed by atoms with van der Waals surface area (Å²) in [6, 6.07) is 30.8. The molecule has 1 aromatic heterocycles. The van der Waals surface area contributed by atoms with E-state index < -0.39 is 17.5 Å². The highest BCUT2D eigenvalue weighted by molar-refractivity contribution is 5.87. The number of phenols is 1. The number of aromatic amines is 1. The average Bonchev–Trinajstić information content (AvgIpc) is 3.12. The molecule has 0 bridgehead atoms. The van der Waals surface area contributed by atoms with E-state index in [4.69, 9.17) is 4.74 Å². The normalized spacial score (nSPS) is 14.8. The molecule has 1 unspecified atom stereocenters. The van der Waals surface area contributed by atoms with Crippen molar-refractivity contribution in [2.75, 3.05) is 19.6 Å². The van der Waals surface area contributed by atoms with Gasteiger partial charge in [0.2, 0.25) is 11.5 Å². The molecule has 5 aromatic rings. The predicted molar refractivity (Wildman–Crippen MR) is 185 cm³/mol. The Morgan fingerprint density at radius 2 is 1.53 bits per heavy atom. The first kappa shape index (κ1) is 33.5. The molecule has 10 heteroatoms. The number of aliphatic carboxylic acids is 1. The number of nitrogens with zero attached hydrogens (tertiary/aromatic N) is 1. The summed E-state index contributed by atoms with van der Waals surface area (Å²) < 4.78 is 5.97. The molecule has 0 radical (unpaired) electrons. The van der Waals surface area contributed by atoms with Crippen molar-refractivity contribution in [3.63, 3.8) is 0 Å². The third kappa shape index (κ3) is 7.66. The number of ether oxygens (including phenoxy) is 1. The molecule has 0 aliphatic carbocycles. The summed E-state index contributed by atoms with van der Waals surface area (Å²) in [4.78, 5) is 41.3. The number of aliphatic hydroxyl groups is 1. The number of H-pyrrole nitrogens is 1. The molecule has 1 amide bonds. The zero-order valence-electron chi connectivity index (χ0n) is 27.0. The fourth-order valence-electron chi connectivity index (χ4n) is 6.44. The van der Waals surface area contributed by atoms with Gasteiger partial charge in [0.15, 0.2) is 0 Å². The van der Waals surface area contributed by atoms with Crippen LogP contribution in [0.25, 0.3) is 10.9 Å². The first-order chi connectivity index (χ1) is 23.7. The van der Waals surface area contributed by atoms with Crippen LogP contribution in [0.4, 0.5) is 0 Å². The number of hydrogen-bond donors (Lipinski definition) is 5. The molecule has 1 atom stereocenters. The molecular weight excluding hydrogens is 622 g/mol. The van der Waals surface area contributed by atoms with Gasteiger partial charge in [0.25, 0.3) is 0 Å². The Morgan fingerprint density at radius 1 is 0.857 bits per heavy atom. The number of carboxylic acids is 1. The van der Waals surface area contributed by atoms with E-state index in [2.05, 4.69) is 10.3 Å². The Labute approximate surface area is 283 Å². The number of hydrogen-bond acceptors (Lipinski definition) is 7. The number of aromatic hydroxyl groups is 1. The lowest BCUT2D eigenvalue weighted by Gasteiger charge is -2.39. The van der Waals surface area contributed by atoms with Gasteiger partial charge in [-0.3, -0.25) is 14.4 Å². The molecular formula is C39H39N3O7. The van der Waals surface area contributed by atoms with Crippen LogP contribution in [0.15, 0.2) is 108 Å². The van der Waals surface area contributed by atoms with Crippen molar-refractivity contribution in [3.8, 4) is 11.5 Å². The maximum Gasteiger partial charge on any atom is 0.314 e. The quantitative estimate of drug-likeness (QED) is 0.128. The standard InChI is InChI=1S/C39H39N3O7/c43-33-16-14-31(32-15-17-35(45)41-37(32)33)34(44)24-40-23-27-6-8-28(9-7-27)25-49-30-12-10-26(11-13-30)22-36(46)42-20-18-39(19-21-42,38(47)48)29-4-2-1-3-5-29/h1-17,34,40,43-44H,18-25H2,(H,41,45)(H,47,48). The molecule has 1 fully saturated rings. The number of aromatic nitrogens is 1. The number of aliphatic hydroxyl groups excluding tert-OH is 1. The van der Waals surface area contributed by atoms with E-state index in [9.17, 15) is 29.7 Å². The summed E-state index contributed by atoms with van der Waals surface area (Å²) in [5.41, 5.74) is 3.30. The number of carbonyl (C=O) groups is 2. The lowest BCUT2D eigenvalue weighted by molar-refractivity contribution is -0.148. The Hall–Kier alpha value is -5.45. The average molecular weight is 662 g/mol. The van der Waals surface area contributed by atoms with Crippen LogP contribution in [-0.2, 0) is 34.6 Å². The minimum atomic E-state index is -0.964. The van der Waals surface area contributed by atoms with Gasteiger partial charge in [-0.1, -0.05) is 72.8 Å². The van der Waals surface area contributed by atoms with Crippen molar-refractivity contribution < 1.29 is 29.6 Å². The lowest BCUT2D eigenvalue weighted by Crippen LogP contribution is -2.49. The van der Waals surface area contributed by atoms with Crippen LogP contribution in [0.5, 0.6) is 11.5 Å². The second-order valence-corrected chi connectivity index (χ2v) is 12.5. The fraction of sp³-hybridized carbons (Fsp3) is 0.256. The Balaban J connectivity index is 0.944. The molecule has 252 valence electrons. The monoisotopic (exact) mass is 661 g/mol. The van der Waals surface area contributed by atoms with E-state index in [1.807, 2.05) is 78.9 Å². The maximum atomic E-state index is 13.1. The number of pyridine rings is 1. The van der Waals surface area contributed by atoms with Gasteiger partial charge in [0, 0.05) is 37.6 Å². The Kier molecular flexibility index (Phi) is 10.1. The number of carbonyl (C=O) groups excluding carboxylic acids is 1. The van der Waals surface area contributed by atoms with Gasteiger partial charge in [0.05, 0.1) is 23.5 Å². The van der Waals surface area contributed by atoms with Gasteiger partial charge in [-0.2, -0.15) is 0 Å². The molecule has 0 spiro atoms. The highest BCUT2D eigenvalue weighted by atomic mass is 16.5. The van der Waals surface area contributed by atoms with E-state index in [1.54, 1.807) is 17.0 Å². The second kappa shape index (κ2) is 14.8. The first-order valence-electron chi connectivity index (χ1n) is 16.3. The molecule has 4 aromatic carbocycles. The van der Waals surface area contributed by atoms with Crippen LogP contribution < -0.4 is 15.6 Å². The molecule has 1 saturated heterocycles. The van der Waals surface area contributed by atoms with Gasteiger partial charge >= 0.3 is 5.97 Å². The number of nitrogens with one attached hydrogen (secondary N) is 2. The topological polar surface area (TPSA) is 152 Å². The molecule has 6 rings (SSSR count). The second-order valence-electron chi connectivity index (χ2n) is 12.5. The summed E-state index contributed by atoms with van der Waals surface area (Å²) >= 11 is 0. The molecule has 1 aliphatic heterocycles. The van der Waals surface area contributed by atoms with Crippen LogP contribution in [-0.4, -0.2) is 56.7 Å². The molecule has 5 N–H and O–H groups in total. The van der Waals surface area contributed by atoms with E-state index in [0.717, 1.165) is 22.3 Å². The van der Waals surface area contributed by atoms with Crippen molar-refractivity contribution in [3.05, 3.63) is 141 Å². The summed E-state index contributed by atoms with van der Waals surface area (Å²) in [5, 5.41) is 34.7. The highest BCUT2D eigenvalue weighted by Crippen LogP contribution is 2.36. The summed E-state index contributed by atoms with van der Waals surface area (Å²) in [7, 11) is 0. The number of phenolic OH excluding ortho intramolecular Hbond substituents is 1. The van der Waals surface area contributed by atoms with Crippen LogP contribution in [0.2, 0.25) is 0 Å². The lowest BCUT2D eigenvalue weighted by atomic mass is 9.73. The molecule has 2 heterocycles. The predicted octanol–water partition coefficient (Wildman–Crippen LogP) is 4.82. The van der Waals surface area contributed by atoms with E-state index >= 15 is 0 Å². The third-order valence-corrected chi connectivity index (χ3v) is 9.35. The van der Waals surface area contributed by atoms with Gasteiger partial charge in [0.1, 0.15) is 18.1 Å². The Bertz CT molecular complexity index is 1970. The molecule has 49 heavy (non-hydrogen) atoms.